The van der Waals surface area contributed by atoms with Gasteiger partial charge in [0.1, 0.15) is 0 Å². The van der Waals surface area contributed by atoms with Crippen molar-refractivity contribution in [2.24, 2.45) is 5.16 Å². The van der Waals surface area contributed by atoms with Gasteiger partial charge in [0.15, 0.2) is 29.6 Å². The van der Waals surface area contributed by atoms with E-state index in [1.165, 1.54) is 13.3 Å². The van der Waals surface area contributed by atoms with Crippen molar-refractivity contribution < 1.29 is 28.6 Å². The molecule has 8 heteroatoms. The minimum absolute atomic E-state index is 0.179. The number of benzene rings is 2. The summed E-state index contributed by atoms with van der Waals surface area (Å²) < 4.78 is 21.0. The summed E-state index contributed by atoms with van der Waals surface area (Å²) in [6.45, 7) is -0.0600. The van der Waals surface area contributed by atoms with Gasteiger partial charge in [-0.15, -0.1) is 0 Å². The van der Waals surface area contributed by atoms with E-state index in [2.05, 4.69) is 10.5 Å². The van der Waals surface area contributed by atoms with E-state index in [1.807, 2.05) is 0 Å². The normalized spacial score (nSPS) is 12.1. The Hall–Kier alpha value is -3.42. The van der Waals surface area contributed by atoms with E-state index in [4.69, 9.17) is 23.8 Å². The monoisotopic (exact) mass is 358 g/mol. The Morgan fingerprint density at radius 3 is 2.85 bits per heavy atom. The predicted octanol–water partition coefficient (Wildman–Crippen LogP) is 2.42. The third-order valence-corrected chi connectivity index (χ3v) is 3.55. The maximum absolute atomic E-state index is 11.9. The van der Waals surface area contributed by atoms with Crippen LogP contribution in [0, 0.1) is 0 Å². The number of oxime groups is 1. The first-order chi connectivity index (χ1) is 12.7. The van der Waals surface area contributed by atoms with E-state index < -0.39 is 0 Å². The summed E-state index contributed by atoms with van der Waals surface area (Å²) in [5.41, 5.74) is 1.25. The molecular weight excluding hydrogens is 340 g/mol. The smallest absolute Gasteiger partial charge is 0.265 e. The van der Waals surface area contributed by atoms with Crippen LogP contribution in [-0.2, 0) is 9.63 Å². The molecule has 8 nitrogen and oxygen atoms in total. The summed E-state index contributed by atoms with van der Waals surface area (Å²) in [6.07, 6.45) is 1.45. The summed E-state index contributed by atoms with van der Waals surface area (Å²) in [5.74, 6) is 2.01. The highest BCUT2D eigenvalue weighted by molar-refractivity contribution is 5.92. The SMILES string of the molecule is COc1cccc(/C=N\OCC(=O)Nc2ccc3c(c2)OCO3)c1OC. The van der Waals surface area contributed by atoms with Crippen LogP contribution in [0.1, 0.15) is 5.56 Å². The van der Waals surface area contributed by atoms with Crippen molar-refractivity contribution in [1.29, 1.82) is 0 Å². The summed E-state index contributed by atoms with van der Waals surface area (Å²) in [5, 5.41) is 6.49. The second-order valence-electron chi connectivity index (χ2n) is 5.21. The molecule has 0 radical (unpaired) electrons. The van der Waals surface area contributed by atoms with Crippen LogP contribution in [0.2, 0.25) is 0 Å². The number of para-hydroxylation sites is 1. The molecule has 0 saturated carbocycles. The topological polar surface area (TPSA) is 87.6 Å². The van der Waals surface area contributed by atoms with Crippen LogP contribution in [0.25, 0.3) is 0 Å². The van der Waals surface area contributed by atoms with Gasteiger partial charge in [-0.3, -0.25) is 4.79 Å². The standard InChI is InChI=1S/C18H18N2O6/c1-22-15-5-3-4-12(18(15)23-2)9-19-26-10-17(21)20-13-6-7-14-16(8-13)25-11-24-14/h3-9H,10-11H2,1-2H3,(H,20,21)/b19-9-. The highest BCUT2D eigenvalue weighted by atomic mass is 16.7. The molecule has 0 atom stereocenters. The largest absolute Gasteiger partial charge is 0.493 e. The molecule has 26 heavy (non-hydrogen) atoms. The van der Waals surface area contributed by atoms with Gasteiger partial charge >= 0.3 is 0 Å². The Kier molecular flexibility index (Phi) is 5.43. The summed E-state index contributed by atoms with van der Waals surface area (Å²) in [6, 6.07) is 10.5. The fourth-order valence-electron chi connectivity index (χ4n) is 2.37. The molecule has 0 saturated heterocycles. The van der Waals surface area contributed by atoms with Crippen LogP contribution in [0.4, 0.5) is 5.69 Å². The molecule has 0 unspecified atom stereocenters. The minimum Gasteiger partial charge on any atom is -0.493 e. The molecule has 0 fully saturated rings. The van der Waals surface area contributed by atoms with Crippen molar-refractivity contribution in [3.05, 3.63) is 42.0 Å². The quantitative estimate of drug-likeness (QED) is 0.604. The van der Waals surface area contributed by atoms with Crippen LogP contribution in [0.15, 0.2) is 41.6 Å². The molecule has 1 N–H and O–H groups in total. The van der Waals surface area contributed by atoms with Gasteiger partial charge in [0.2, 0.25) is 6.79 Å². The number of anilines is 1. The summed E-state index contributed by atoms with van der Waals surface area (Å²) >= 11 is 0. The number of nitrogens with zero attached hydrogens (tertiary/aromatic N) is 1. The minimum atomic E-state index is -0.348. The number of methoxy groups -OCH3 is 2. The summed E-state index contributed by atoms with van der Waals surface area (Å²) in [7, 11) is 3.09. The number of ether oxygens (including phenoxy) is 4. The summed E-state index contributed by atoms with van der Waals surface area (Å²) in [4.78, 5) is 17.0. The van der Waals surface area contributed by atoms with E-state index in [9.17, 15) is 4.79 Å². The van der Waals surface area contributed by atoms with E-state index in [-0.39, 0.29) is 19.3 Å². The number of carbonyl (C=O) groups is 1. The second kappa shape index (κ2) is 8.11. The number of carbonyl (C=O) groups excluding carboxylic acids is 1. The van der Waals surface area contributed by atoms with E-state index in [0.717, 1.165) is 0 Å². The van der Waals surface area contributed by atoms with Crippen molar-refractivity contribution in [1.82, 2.24) is 0 Å². The lowest BCUT2D eigenvalue weighted by molar-refractivity contribution is -0.120. The van der Waals surface area contributed by atoms with Crippen molar-refractivity contribution in [2.75, 3.05) is 32.9 Å². The van der Waals surface area contributed by atoms with Gasteiger partial charge in [0, 0.05) is 17.3 Å². The maximum Gasteiger partial charge on any atom is 0.265 e. The van der Waals surface area contributed by atoms with Crippen molar-refractivity contribution >= 4 is 17.8 Å². The van der Waals surface area contributed by atoms with E-state index >= 15 is 0 Å². The maximum atomic E-state index is 11.9. The number of nitrogens with one attached hydrogen (secondary N) is 1. The molecule has 3 rings (SSSR count). The molecule has 1 heterocycles. The lowest BCUT2D eigenvalue weighted by Gasteiger charge is -2.09. The zero-order valence-corrected chi connectivity index (χ0v) is 14.4. The predicted molar refractivity (Wildman–Crippen MR) is 94.3 cm³/mol. The van der Waals surface area contributed by atoms with E-state index in [0.29, 0.717) is 34.2 Å². The number of rotatable bonds is 7. The molecular formula is C18H18N2O6. The molecule has 1 amide bonds. The van der Waals surface area contributed by atoms with Crippen LogP contribution in [0.3, 0.4) is 0 Å². The number of hydrogen-bond donors (Lipinski definition) is 1. The first-order valence-corrected chi connectivity index (χ1v) is 7.77. The lowest BCUT2D eigenvalue weighted by atomic mass is 10.2. The van der Waals surface area contributed by atoms with Gasteiger partial charge in [-0.25, -0.2) is 0 Å². The third kappa shape index (κ3) is 3.97. The fourth-order valence-corrected chi connectivity index (χ4v) is 2.37. The van der Waals surface area contributed by atoms with Gasteiger partial charge in [0.05, 0.1) is 20.4 Å². The Morgan fingerprint density at radius 2 is 2.04 bits per heavy atom. The molecule has 2 aromatic rings. The number of hydrogen-bond acceptors (Lipinski definition) is 7. The molecule has 1 aliphatic heterocycles. The lowest BCUT2D eigenvalue weighted by Crippen LogP contribution is -2.16. The van der Waals surface area contributed by atoms with Crippen molar-refractivity contribution in [2.45, 2.75) is 0 Å². The van der Waals surface area contributed by atoms with Gasteiger partial charge in [0.25, 0.3) is 5.91 Å². The van der Waals surface area contributed by atoms with E-state index in [1.54, 1.807) is 43.5 Å². The molecule has 136 valence electrons. The molecule has 0 spiro atoms. The Balaban J connectivity index is 1.53. The molecule has 0 bridgehead atoms. The molecule has 2 aromatic carbocycles. The Morgan fingerprint density at radius 1 is 1.19 bits per heavy atom. The molecule has 0 aliphatic carbocycles. The Bertz CT molecular complexity index is 821. The van der Waals surface area contributed by atoms with Crippen LogP contribution in [-0.4, -0.2) is 39.7 Å². The molecule has 1 aliphatic rings. The molecule has 0 aromatic heterocycles. The van der Waals surface area contributed by atoms with Crippen LogP contribution < -0.4 is 24.3 Å². The highest BCUT2D eigenvalue weighted by Gasteiger charge is 2.14. The van der Waals surface area contributed by atoms with Gasteiger partial charge in [-0.1, -0.05) is 11.2 Å². The average Bonchev–Trinajstić information content (AvgIpc) is 3.12. The first-order valence-electron chi connectivity index (χ1n) is 7.77. The zero-order chi connectivity index (χ0) is 18.4. The van der Waals surface area contributed by atoms with Gasteiger partial charge in [-0.2, -0.15) is 0 Å². The van der Waals surface area contributed by atoms with Gasteiger partial charge in [-0.05, 0) is 24.3 Å². The van der Waals surface area contributed by atoms with Crippen molar-refractivity contribution in [3.63, 3.8) is 0 Å². The van der Waals surface area contributed by atoms with Crippen LogP contribution in [0.5, 0.6) is 23.0 Å². The number of fused-ring (bicyclic) bond motifs is 1. The highest BCUT2D eigenvalue weighted by Crippen LogP contribution is 2.34. The van der Waals surface area contributed by atoms with Crippen molar-refractivity contribution in [3.8, 4) is 23.0 Å². The van der Waals surface area contributed by atoms with Crippen LogP contribution >= 0.6 is 0 Å². The zero-order valence-electron chi connectivity index (χ0n) is 14.4. The fraction of sp³-hybridized carbons (Fsp3) is 0.222. The average molecular weight is 358 g/mol. The first kappa shape index (κ1) is 17.4. The Labute approximate surface area is 150 Å². The third-order valence-electron chi connectivity index (χ3n) is 3.55. The second-order valence-corrected chi connectivity index (χ2v) is 5.21. The number of amides is 1. The van der Waals surface area contributed by atoms with Gasteiger partial charge < -0.3 is 29.1 Å².